The third-order valence-electron chi connectivity index (χ3n) is 2.54. The van der Waals surface area contributed by atoms with Crippen LogP contribution in [0.5, 0.6) is 11.5 Å². The molecule has 2 aromatic rings. The minimum atomic E-state index is 0.413. The number of benzene rings is 2. The summed E-state index contributed by atoms with van der Waals surface area (Å²) in [5, 5.41) is 8.95. The molecule has 0 radical (unpaired) electrons. The van der Waals surface area contributed by atoms with Gasteiger partial charge < -0.3 is 9.47 Å². The van der Waals surface area contributed by atoms with E-state index in [1.54, 1.807) is 19.2 Å². The zero-order chi connectivity index (χ0) is 12.8. The lowest BCUT2D eigenvalue weighted by Crippen LogP contribution is -1.97. The molecule has 0 heterocycles. The maximum atomic E-state index is 8.95. The molecule has 0 atom stereocenters. The lowest BCUT2D eigenvalue weighted by molar-refractivity contribution is 0.304. The molecule has 0 saturated heterocycles. The molecule has 0 aliphatic carbocycles. The standard InChI is InChI=1S/C15H13NO2/c1-17-14-7-4-5-12(9-14)11-18-15-8-3-2-6-13(15)10-16/h2-9H,11H2,1H3. The lowest BCUT2D eigenvalue weighted by Gasteiger charge is -2.08. The fourth-order valence-electron chi connectivity index (χ4n) is 1.61. The van der Waals surface area contributed by atoms with Gasteiger partial charge in [-0.2, -0.15) is 5.26 Å². The minimum absolute atomic E-state index is 0.413. The van der Waals surface area contributed by atoms with Crippen LogP contribution in [0.1, 0.15) is 11.1 Å². The highest BCUT2D eigenvalue weighted by atomic mass is 16.5. The highest BCUT2D eigenvalue weighted by molar-refractivity contribution is 5.42. The van der Waals surface area contributed by atoms with Crippen LogP contribution in [0.25, 0.3) is 0 Å². The van der Waals surface area contributed by atoms with Gasteiger partial charge in [0.15, 0.2) is 0 Å². The summed E-state index contributed by atoms with van der Waals surface area (Å²) >= 11 is 0. The average Bonchev–Trinajstić information content (AvgIpc) is 2.45. The summed E-state index contributed by atoms with van der Waals surface area (Å²) in [6.45, 7) is 0.413. The number of ether oxygens (including phenoxy) is 2. The predicted molar refractivity (Wildman–Crippen MR) is 68.5 cm³/mol. The summed E-state index contributed by atoms with van der Waals surface area (Å²) < 4.78 is 10.8. The largest absolute Gasteiger partial charge is 0.497 e. The molecule has 0 bridgehead atoms. The van der Waals surface area contributed by atoms with E-state index in [0.717, 1.165) is 11.3 Å². The van der Waals surface area contributed by atoms with Crippen molar-refractivity contribution in [1.82, 2.24) is 0 Å². The number of methoxy groups -OCH3 is 1. The Morgan fingerprint density at radius 3 is 2.72 bits per heavy atom. The fourth-order valence-corrected chi connectivity index (χ4v) is 1.61. The van der Waals surface area contributed by atoms with Crippen LogP contribution < -0.4 is 9.47 Å². The first kappa shape index (κ1) is 12.0. The van der Waals surface area contributed by atoms with Gasteiger partial charge in [0.25, 0.3) is 0 Å². The molecular formula is C15H13NO2. The van der Waals surface area contributed by atoms with Gasteiger partial charge in [-0.3, -0.25) is 0 Å². The van der Waals surface area contributed by atoms with E-state index in [-0.39, 0.29) is 0 Å². The van der Waals surface area contributed by atoms with Crippen LogP contribution in [0.15, 0.2) is 48.5 Å². The van der Waals surface area contributed by atoms with E-state index >= 15 is 0 Å². The van der Waals surface area contributed by atoms with Gasteiger partial charge >= 0.3 is 0 Å². The summed E-state index contributed by atoms with van der Waals surface area (Å²) in [6, 6.07) is 17.0. The van der Waals surface area contributed by atoms with Crippen molar-refractivity contribution >= 4 is 0 Å². The highest BCUT2D eigenvalue weighted by Crippen LogP contribution is 2.19. The molecule has 2 rings (SSSR count). The Hall–Kier alpha value is -2.47. The van der Waals surface area contributed by atoms with Crippen molar-refractivity contribution in [3.8, 4) is 17.6 Å². The smallest absolute Gasteiger partial charge is 0.137 e. The van der Waals surface area contributed by atoms with Crippen LogP contribution in [0.2, 0.25) is 0 Å². The van der Waals surface area contributed by atoms with Crippen molar-refractivity contribution in [1.29, 1.82) is 5.26 Å². The van der Waals surface area contributed by atoms with Gasteiger partial charge in [-0.25, -0.2) is 0 Å². The Kier molecular flexibility index (Phi) is 3.83. The molecule has 0 aromatic heterocycles. The molecule has 90 valence electrons. The van der Waals surface area contributed by atoms with Crippen molar-refractivity contribution in [3.63, 3.8) is 0 Å². The van der Waals surface area contributed by atoms with Crippen LogP contribution in [0.4, 0.5) is 0 Å². The van der Waals surface area contributed by atoms with Gasteiger partial charge in [-0.05, 0) is 29.8 Å². The molecule has 3 nitrogen and oxygen atoms in total. The second-order valence-electron chi connectivity index (χ2n) is 3.75. The number of nitriles is 1. The molecule has 0 fully saturated rings. The number of para-hydroxylation sites is 1. The van der Waals surface area contributed by atoms with Crippen LogP contribution in [0, 0.1) is 11.3 Å². The molecule has 0 aliphatic heterocycles. The third kappa shape index (κ3) is 2.80. The van der Waals surface area contributed by atoms with E-state index in [1.165, 1.54) is 0 Å². The van der Waals surface area contributed by atoms with Gasteiger partial charge in [0.05, 0.1) is 12.7 Å². The highest BCUT2D eigenvalue weighted by Gasteiger charge is 2.02. The fraction of sp³-hybridized carbons (Fsp3) is 0.133. The predicted octanol–water partition coefficient (Wildman–Crippen LogP) is 3.15. The Balaban J connectivity index is 2.09. The van der Waals surface area contributed by atoms with Crippen molar-refractivity contribution < 1.29 is 9.47 Å². The van der Waals surface area contributed by atoms with E-state index in [0.29, 0.717) is 17.9 Å². The second kappa shape index (κ2) is 5.74. The Labute approximate surface area is 106 Å². The molecule has 0 unspecified atom stereocenters. The van der Waals surface area contributed by atoms with Crippen molar-refractivity contribution in [2.24, 2.45) is 0 Å². The summed E-state index contributed by atoms with van der Waals surface area (Å²) in [4.78, 5) is 0. The molecule has 0 spiro atoms. The number of rotatable bonds is 4. The minimum Gasteiger partial charge on any atom is -0.497 e. The molecule has 18 heavy (non-hydrogen) atoms. The summed E-state index contributed by atoms with van der Waals surface area (Å²) in [5.41, 5.74) is 1.54. The zero-order valence-electron chi connectivity index (χ0n) is 10.1. The normalized spacial score (nSPS) is 9.56. The molecule has 0 aliphatic rings. The van der Waals surface area contributed by atoms with Gasteiger partial charge in [0, 0.05) is 0 Å². The van der Waals surface area contributed by atoms with Crippen molar-refractivity contribution in [3.05, 3.63) is 59.7 Å². The first-order valence-electron chi connectivity index (χ1n) is 5.58. The van der Waals surface area contributed by atoms with E-state index in [2.05, 4.69) is 6.07 Å². The van der Waals surface area contributed by atoms with E-state index < -0.39 is 0 Å². The zero-order valence-corrected chi connectivity index (χ0v) is 10.1. The molecule has 2 aromatic carbocycles. The molecule has 0 amide bonds. The third-order valence-corrected chi connectivity index (χ3v) is 2.54. The van der Waals surface area contributed by atoms with Crippen LogP contribution >= 0.6 is 0 Å². The molecule has 0 N–H and O–H groups in total. The SMILES string of the molecule is COc1cccc(COc2ccccc2C#N)c1. The molecule has 3 heteroatoms. The van der Waals surface area contributed by atoms with Crippen LogP contribution in [-0.2, 0) is 6.61 Å². The van der Waals surface area contributed by atoms with Gasteiger partial charge in [0.2, 0.25) is 0 Å². The monoisotopic (exact) mass is 239 g/mol. The van der Waals surface area contributed by atoms with E-state index in [9.17, 15) is 0 Å². The molecular weight excluding hydrogens is 226 g/mol. The summed E-state index contributed by atoms with van der Waals surface area (Å²) in [7, 11) is 1.63. The van der Waals surface area contributed by atoms with Gasteiger partial charge in [-0.1, -0.05) is 24.3 Å². The molecule has 0 saturated carbocycles. The lowest BCUT2D eigenvalue weighted by atomic mass is 10.2. The Morgan fingerprint density at radius 1 is 1.11 bits per heavy atom. The van der Waals surface area contributed by atoms with Crippen LogP contribution in [0.3, 0.4) is 0 Å². The van der Waals surface area contributed by atoms with Gasteiger partial charge in [0.1, 0.15) is 24.2 Å². The maximum Gasteiger partial charge on any atom is 0.137 e. The number of nitrogens with zero attached hydrogens (tertiary/aromatic N) is 1. The first-order chi connectivity index (χ1) is 8.83. The Bertz CT molecular complexity index is 573. The van der Waals surface area contributed by atoms with E-state index in [1.807, 2.05) is 36.4 Å². The number of hydrogen-bond acceptors (Lipinski definition) is 3. The number of hydrogen-bond donors (Lipinski definition) is 0. The topological polar surface area (TPSA) is 42.2 Å². The first-order valence-corrected chi connectivity index (χ1v) is 5.58. The quantitative estimate of drug-likeness (QED) is 0.823. The average molecular weight is 239 g/mol. The van der Waals surface area contributed by atoms with Crippen molar-refractivity contribution in [2.45, 2.75) is 6.61 Å². The van der Waals surface area contributed by atoms with Crippen molar-refractivity contribution in [2.75, 3.05) is 7.11 Å². The second-order valence-corrected chi connectivity index (χ2v) is 3.75. The maximum absolute atomic E-state index is 8.95. The summed E-state index contributed by atoms with van der Waals surface area (Å²) in [6.07, 6.45) is 0. The van der Waals surface area contributed by atoms with Crippen LogP contribution in [-0.4, -0.2) is 7.11 Å². The Morgan fingerprint density at radius 2 is 1.94 bits per heavy atom. The van der Waals surface area contributed by atoms with Gasteiger partial charge in [-0.15, -0.1) is 0 Å². The van der Waals surface area contributed by atoms with E-state index in [4.69, 9.17) is 14.7 Å². The summed E-state index contributed by atoms with van der Waals surface area (Å²) in [5.74, 6) is 1.40.